The standard InChI is InChI=1S/C15H13NO2/c17-11-5-10-8-16-13-4-2-1-3-9(13)6-14(16)15(18)12(10)7-11/h1-4,6,10,12H,5,7-8H2. The molecule has 1 fully saturated rings. The molecule has 0 saturated heterocycles. The predicted molar refractivity (Wildman–Crippen MR) is 67.5 cm³/mol. The van der Waals surface area contributed by atoms with Crippen LogP contribution < -0.4 is 0 Å². The van der Waals surface area contributed by atoms with Gasteiger partial charge in [-0.25, -0.2) is 0 Å². The summed E-state index contributed by atoms with van der Waals surface area (Å²) in [5, 5.41) is 1.12. The molecule has 0 radical (unpaired) electrons. The number of fused-ring (bicyclic) bond motifs is 4. The van der Waals surface area contributed by atoms with E-state index in [4.69, 9.17) is 0 Å². The lowest BCUT2D eigenvalue weighted by Gasteiger charge is -2.26. The molecule has 18 heavy (non-hydrogen) atoms. The molecule has 2 aliphatic rings. The summed E-state index contributed by atoms with van der Waals surface area (Å²) in [5.41, 5.74) is 1.89. The molecule has 90 valence electrons. The summed E-state index contributed by atoms with van der Waals surface area (Å²) < 4.78 is 2.09. The van der Waals surface area contributed by atoms with Crippen LogP contribution >= 0.6 is 0 Å². The third kappa shape index (κ3) is 1.19. The SMILES string of the molecule is O=C1CC2Cn3c(cc4ccccc43)C(=O)C2C1. The quantitative estimate of drug-likeness (QED) is 0.708. The van der Waals surface area contributed by atoms with Gasteiger partial charge in [0.05, 0.1) is 5.69 Å². The van der Waals surface area contributed by atoms with Crippen molar-refractivity contribution in [2.45, 2.75) is 19.4 Å². The molecule has 4 rings (SSSR count). The van der Waals surface area contributed by atoms with Gasteiger partial charge in [-0.2, -0.15) is 0 Å². The number of Topliss-reactive ketones (excluding diaryl/α,β-unsaturated/α-hetero) is 2. The number of nitrogens with zero attached hydrogens (tertiary/aromatic N) is 1. The van der Waals surface area contributed by atoms with E-state index in [0.717, 1.165) is 23.1 Å². The summed E-state index contributed by atoms with van der Waals surface area (Å²) >= 11 is 0. The molecule has 1 aliphatic heterocycles. The van der Waals surface area contributed by atoms with E-state index in [-0.39, 0.29) is 23.4 Å². The number of hydrogen-bond acceptors (Lipinski definition) is 2. The Kier molecular flexibility index (Phi) is 1.85. The molecule has 3 heteroatoms. The van der Waals surface area contributed by atoms with E-state index in [1.54, 1.807) is 0 Å². The van der Waals surface area contributed by atoms with Crippen molar-refractivity contribution in [1.29, 1.82) is 0 Å². The second kappa shape index (κ2) is 3.31. The lowest BCUT2D eigenvalue weighted by molar-refractivity contribution is -0.117. The molecule has 2 heterocycles. The summed E-state index contributed by atoms with van der Waals surface area (Å²) in [5.74, 6) is 0.560. The van der Waals surface area contributed by atoms with Gasteiger partial charge in [0, 0.05) is 36.2 Å². The van der Waals surface area contributed by atoms with E-state index in [9.17, 15) is 9.59 Å². The van der Waals surface area contributed by atoms with Crippen molar-refractivity contribution in [3.63, 3.8) is 0 Å². The maximum atomic E-state index is 12.4. The minimum absolute atomic E-state index is 0.0608. The highest BCUT2D eigenvalue weighted by Gasteiger charge is 2.42. The Balaban J connectivity index is 1.93. The van der Waals surface area contributed by atoms with Gasteiger partial charge in [0.2, 0.25) is 0 Å². The molecule has 2 unspecified atom stereocenters. The van der Waals surface area contributed by atoms with Crippen LogP contribution in [-0.2, 0) is 11.3 Å². The first-order chi connectivity index (χ1) is 8.74. The van der Waals surface area contributed by atoms with E-state index in [2.05, 4.69) is 4.57 Å². The molecular weight excluding hydrogens is 226 g/mol. The second-order valence-electron chi connectivity index (χ2n) is 5.38. The highest BCUT2D eigenvalue weighted by molar-refractivity contribution is 6.05. The maximum Gasteiger partial charge on any atom is 0.183 e. The smallest absolute Gasteiger partial charge is 0.183 e. The highest BCUT2D eigenvalue weighted by atomic mass is 16.1. The first-order valence-corrected chi connectivity index (χ1v) is 6.38. The van der Waals surface area contributed by atoms with Crippen LogP contribution in [0.1, 0.15) is 23.3 Å². The van der Waals surface area contributed by atoms with E-state index < -0.39 is 0 Å². The van der Waals surface area contributed by atoms with Crippen molar-refractivity contribution in [3.05, 3.63) is 36.0 Å². The van der Waals surface area contributed by atoms with Crippen LogP contribution in [0.2, 0.25) is 0 Å². The van der Waals surface area contributed by atoms with E-state index in [1.165, 1.54) is 0 Å². The van der Waals surface area contributed by atoms with Gasteiger partial charge in [-0.3, -0.25) is 9.59 Å². The largest absolute Gasteiger partial charge is 0.338 e. The zero-order valence-corrected chi connectivity index (χ0v) is 9.93. The fourth-order valence-electron chi connectivity index (χ4n) is 3.46. The third-order valence-corrected chi connectivity index (χ3v) is 4.32. The average molecular weight is 239 g/mol. The lowest BCUT2D eigenvalue weighted by Crippen LogP contribution is -2.31. The van der Waals surface area contributed by atoms with Crippen molar-refractivity contribution >= 4 is 22.5 Å². The number of aromatic nitrogens is 1. The number of hydrogen-bond donors (Lipinski definition) is 0. The Morgan fingerprint density at radius 2 is 1.94 bits per heavy atom. The molecule has 0 N–H and O–H groups in total. The molecule has 2 atom stereocenters. The number of ketones is 2. The Hall–Kier alpha value is -1.90. The van der Waals surface area contributed by atoms with E-state index >= 15 is 0 Å². The minimum Gasteiger partial charge on any atom is -0.338 e. The molecule has 3 nitrogen and oxygen atoms in total. The molecular formula is C15H13NO2. The number of rotatable bonds is 0. The van der Waals surface area contributed by atoms with Gasteiger partial charge in [-0.05, 0) is 18.1 Å². The average Bonchev–Trinajstić information content (AvgIpc) is 2.91. The van der Waals surface area contributed by atoms with Crippen LogP contribution in [0, 0.1) is 11.8 Å². The summed E-state index contributed by atoms with van der Waals surface area (Å²) in [6.07, 6.45) is 1.02. The van der Waals surface area contributed by atoms with Crippen LogP contribution in [0.5, 0.6) is 0 Å². The van der Waals surface area contributed by atoms with Gasteiger partial charge >= 0.3 is 0 Å². The molecule has 2 aromatic rings. The predicted octanol–water partition coefficient (Wildman–Crippen LogP) is 2.43. The molecule has 0 spiro atoms. The van der Waals surface area contributed by atoms with Gasteiger partial charge in [-0.15, -0.1) is 0 Å². The first kappa shape index (κ1) is 10.1. The van der Waals surface area contributed by atoms with Gasteiger partial charge in [0.1, 0.15) is 5.78 Å². The fraction of sp³-hybridized carbons (Fsp3) is 0.333. The van der Waals surface area contributed by atoms with Crippen LogP contribution in [0.15, 0.2) is 30.3 Å². The number of para-hydroxylation sites is 1. The van der Waals surface area contributed by atoms with Crippen molar-refractivity contribution in [2.24, 2.45) is 11.8 Å². The van der Waals surface area contributed by atoms with Gasteiger partial charge in [0.15, 0.2) is 5.78 Å². The molecule has 1 saturated carbocycles. The highest BCUT2D eigenvalue weighted by Crippen LogP contribution is 2.39. The number of carbonyl (C=O) groups excluding carboxylic acids is 2. The summed E-state index contributed by atoms with van der Waals surface area (Å²) in [7, 11) is 0. The maximum absolute atomic E-state index is 12.4. The lowest BCUT2D eigenvalue weighted by atomic mass is 9.87. The monoisotopic (exact) mass is 239 g/mol. The first-order valence-electron chi connectivity index (χ1n) is 6.38. The molecule has 1 aromatic carbocycles. The minimum atomic E-state index is -0.0608. The van der Waals surface area contributed by atoms with E-state index in [1.807, 2.05) is 30.3 Å². The van der Waals surface area contributed by atoms with Crippen molar-refractivity contribution < 1.29 is 9.59 Å². The fourth-order valence-corrected chi connectivity index (χ4v) is 3.46. The zero-order valence-electron chi connectivity index (χ0n) is 9.93. The third-order valence-electron chi connectivity index (χ3n) is 4.32. The van der Waals surface area contributed by atoms with Gasteiger partial charge in [-0.1, -0.05) is 18.2 Å². The van der Waals surface area contributed by atoms with Crippen LogP contribution in [0.3, 0.4) is 0 Å². The summed E-state index contributed by atoms with van der Waals surface area (Å²) in [6, 6.07) is 10.0. The van der Waals surface area contributed by atoms with Crippen LogP contribution in [0.4, 0.5) is 0 Å². The normalized spacial score (nSPS) is 26.4. The Bertz CT molecular complexity index is 683. The molecule has 1 aliphatic carbocycles. The van der Waals surface area contributed by atoms with Crippen LogP contribution in [-0.4, -0.2) is 16.1 Å². The van der Waals surface area contributed by atoms with Crippen LogP contribution in [0.25, 0.3) is 10.9 Å². The molecule has 0 amide bonds. The zero-order chi connectivity index (χ0) is 12.3. The van der Waals surface area contributed by atoms with Crippen molar-refractivity contribution in [2.75, 3.05) is 0 Å². The Labute approximate surface area is 104 Å². The molecule has 1 aromatic heterocycles. The van der Waals surface area contributed by atoms with Gasteiger partial charge < -0.3 is 4.57 Å². The van der Waals surface area contributed by atoms with Crippen molar-refractivity contribution in [1.82, 2.24) is 4.57 Å². The number of carbonyl (C=O) groups is 2. The van der Waals surface area contributed by atoms with Gasteiger partial charge in [0.25, 0.3) is 0 Å². The van der Waals surface area contributed by atoms with Crippen molar-refractivity contribution in [3.8, 4) is 0 Å². The Morgan fingerprint density at radius 1 is 1.11 bits per heavy atom. The Morgan fingerprint density at radius 3 is 2.83 bits per heavy atom. The summed E-state index contributed by atoms with van der Waals surface area (Å²) in [4.78, 5) is 24.0. The summed E-state index contributed by atoms with van der Waals surface area (Å²) in [6.45, 7) is 0.811. The number of benzene rings is 1. The second-order valence-corrected chi connectivity index (χ2v) is 5.38. The van der Waals surface area contributed by atoms with E-state index in [0.29, 0.717) is 12.8 Å². The molecule has 0 bridgehead atoms. The topological polar surface area (TPSA) is 39.1 Å².